The SMILES string of the molecule is CCCCCCCCCCc1cc2ccc(O)cc2[o+]c1-c1ccccc1. The molecule has 0 fully saturated rings. The third-order valence-corrected chi connectivity index (χ3v) is 5.17. The molecule has 0 bridgehead atoms. The molecule has 0 aliphatic rings. The molecular weight excluding hydrogens is 332 g/mol. The van der Waals surface area contributed by atoms with E-state index >= 15 is 0 Å². The highest BCUT2D eigenvalue weighted by molar-refractivity contribution is 5.81. The molecule has 3 aromatic rings. The van der Waals surface area contributed by atoms with Gasteiger partial charge in [-0.25, -0.2) is 4.42 Å². The minimum atomic E-state index is 0.237. The molecule has 0 radical (unpaired) electrons. The van der Waals surface area contributed by atoms with E-state index in [0.717, 1.165) is 28.7 Å². The topological polar surface area (TPSA) is 31.5 Å². The zero-order valence-electron chi connectivity index (χ0n) is 16.4. The maximum Gasteiger partial charge on any atom is 0.364 e. The Labute approximate surface area is 162 Å². The lowest BCUT2D eigenvalue weighted by molar-refractivity contribution is 0.474. The van der Waals surface area contributed by atoms with Crippen molar-refractivity contribution in [2.24, 2.45) is 0 Å². The first-order chi connectivity index (χ1) is 13.3. The second-order valence-electron chi connectivity index (χ2n) is 7.41. The fourth-order valence-corrected chi connectivity index (χ4v) is 3.63. The summed E-state index contributed by atoms with van der Waals surface area (Å²) in [7, 11) is 0. The van der Waals surface area contributed by atoms with E-state index in [4.69, 9.17) is 4.42 Å². The van der Waals surface area contributed by atoms with Crippen molar-refractivity contribution in [3.8, 4) is 17.1 Å². The van der Waals surface area contributed by atoms with E-state index in [1.807, 2.05) is 24.3 Å². The number of rotatable bonds is 10. The second kappa shape index (κ2) is 10.1. The van der Waals surface area contributed by atoms with E-state index in [9.17, 15) is 5.11 Å². The second-order valence-corrected chi connectivity index (χ2v) is 7.41. The van der Waals surface area contributed by atoms with Crippen LogP contribution in [0.4, 0.5) is 0 Å². The van der Waals surface area contributed by atoms with Crippen LogP contribution in [0.2, 0.25) is 0 Å². The van der Waals surface area contributed by atoms with Crippen molar-refractivity contribution in [2.45, 2.75) is 64.7 Å². The van der Waals surface area contributed by atoms with Crippen molar-refractivity contribution in [2.75, 3.05) is 0 Å². The van der Waals surface area contributed by atoms with Crippen LogP contribution in [0.15, 0.2) is 59.0 Å². The Hall–Kier alpha value is -2.35. The van der Waals surface area contributed by atoms with Gasteiger partial charge in [-0.15, -0.1) is 0 Å². The van der Waals surface area contributed by atoms with Crippen molar-refractivity contribution in [3.05, 3.63) is 60.2 Å². The van der Waals surface area contributed by atoms with Gasteiger partial charge >= 0.3 is 11.3 Å². The molecule has 0 spiro atoms. The van der Waals surface area contributed by atoms with Gasteiger partial charge in [-0.3, -0.25) is 0 Å². The van der Waals surface area contributed by atoms with Crippen LogP contribution in [-0.4, -0.2) is 5.11 Å². The monoisotopic (exact) mass is 363 g/mol. The average Bonchev–Trinajstić information content (AvgIpc) is 2.70. The molecule has 0 amide bonds. The van der Waals surface area contributed by atoms with E-state index < -0.39 is 0 Å². The molecule has 1 heterocycles. The maximum absolute atomic E-state index is 9.78. The molecular formula is C25H31O2+. The number of aryl methyl sites for hydroxylation is 1. The quantitative estimate of drug-likeness (QED) is 0.295. The molecule has 2 heteroatoms. The summed E-state index contributed by atoms with van der Waals surface area (Å²) in [6.07, 6.45) is 11.6. The Morgan fingerprint density at radius 1 is 0.778 bits per heavy atom. The summed E-state index contributed by atoms with van der Waals surface area (Å²) >= 11 is 0. The van der Waals surface area contributed by atoms with Gasteiger partial charge in [0.15, 0.2) is 0 Å². The van der Waals surface area contributed by atoms with E-state index in [-0.39, 0.29) is 5.75 Å². The van der Waals surface area contributed by atoms with Crippen molar-refractivity contribution in [1.29, 1.82) is 0 Å². The summed E-state index contributed by atoms with van der Waals surface area (Å²) in [6, 6.07) is 17.9. The van der Waals surface area contributed by atoms with E-state index in [1.165, 1.54) is 56.9 Å². The predicted molar refractivity (Wildman–Crippen MR) is 114 cm³/mol. The van der Waals surface area contributed by atoms with Gasteiger partial charge in [-0.1, -0.05) is 70.1 Å². The van der Waals surface area contributed by atoms with Gasteiger partial charge in [0, 0.05) is 0 Å². The van der Waals surface area contributed by atoms with Crippen molar-refractivity contribution >= 4 is 11.0 Å². The first-order valence-electron chi connectivity index (χ1n) is 10.4. The standard InChI is InChI=1S/C25H30O2/c1-2-3-4-5-6-7-8-10-15-22-18-21-16-17-23(26)19-24(21)27-25(22)20-13-11-9-12-14-20/h9,11-14,16-19H,2-8,10,15H2,1H3/p+1. The summed E-state index contributed by atoms with van der Waals surface area (Å²) < 4.78 is 6.22. The molecule has 2 nitrogen and oxygen atoms in total. The smallest absolute Gasteiger partial charge is 0.364 e. The van der Waals surface area contributed by atoms with Crippen molar-refractivity contribution in [3.63, 3.8) is 0 Å². The highest BCUT2D eigenvalue weighted by atomic mass is 16.3. The van der Waals surface area contributed by atoms with E-state index in [2.05, 4.69) is 25.1 Å². The molecule has 0 unspecified atom stereocenters. The van der Waals surface area contributed by atoms with Gasteiger partial charge in [-0.05, 0) is 43.2 Å². The summed E-state index contributed by atoms with van der Waals surface area (Å²) in [5.41, 5.74) is 3.08. The molecule has 0 aliphatic carbocycles. The van der Waals surface area contributed by atoms with Crippen molar-refractivity contribution in [1.82, 2.24) is 0 Å². The van der Waals surface area contributed by atoms with Crippen LogP contribution in [0.5, 0.6) is 5.75 Å². The molecule has 1 aromatic heterocycles. The van der Waals surface area contributed by atoms with E-state index in [0.29, 0.717) is 0 Å². The van der Waals surface area contributed by atoms with Crippen LogP contribution < -0.4 is 0 Å². The minimum absolute atomic E-state index is 0.237. The number of hydrogen-bond acceptors (Lipinski definition) is 1. The van der Waals surface area contributed by atoms with Crippen LogP contribution in [0.3, 0.4) is 0 Å². The van der Waals surface area contributed by atoms with Crippen LogP contribution in [0, 0.1) is 0 Å². The lowest BCUT2D eigenvalue weighted by atomic mass is 9.99. The molecule has 27 heavy (non-hydrogen) atoms. The van der Waals surface area contributed by atoms with Gasteiger partial charge in [0.25, 0.3) is 0 Å². The molecule has 1 N–H and O–H groups in total. The fourth-order valence-electron chi connectivity index (χ4n) is 3.63. The molecule has 3 rings (SSSR count). The fraction of sp³-hybridized carbons (Fsp3) is 0.400. The van der Waals surface area contributed by atoms with Gasteiger partial charge in [0.05, 0.1) is 22.6 Å². The molecule has 0 atom stereocenters. The number of benzene rings is 2. The number of unbranched alkanes of at least 4 members (excludes halogenated alkanes) is 7. The average molecular weight is 364 g/mol. The van der Waals surface area contributed by atoms with Crippen LogP contribution in [-0.2, 0) is 6.42 Å². The maximum atomic E-state index is 9.78. The summed E-state index contributed by atoms with van der Waals surface area (Å²) in [5, 5.41) is 10.8. The lowest BCUT2D eigenvalue weighted by Crippen LogP contribution is -1.92. The van der Waals surface area contributed by atoms with Crippen LogP contribution in [0.1, 0.15) is 63.9 Å². The zero-order valence-corrected chi connectivity index (χ0v) is 16.4. The third-order valence-electron chi connectivity index (χ3n) is 5.17. The Morgan fingerprint density at radius 3 is 2.22 bits per heavy atom. The summed E-state index contributed by atoms with van der Waals surface area (Å²) in [4.78, 5) is 0. The highest BCUT2D eigenvalue weighted by Crippen LogP contribution is 2.31. The Morgan fingerprint density at radius 2 is 1.48 bits per heavy atom. The third kappa shape index (κ3) is 5.56. The summed E-state index contributed by atoms with van der Waals surface area (Å²) in [5.74, 6) is 1.16. The van der Waals surface area contributed by atoms with Gasteiger partial charge < -0.3 is 5.11 Å². The zero-order chi connectivity index (χ0) is 18.9. The van der Waals surface area contributed by atoms with Crippen LogP contribution >= 0.6 is 0 Å². The largest absolute Gasteiger partial charge is 0.508 e. The predicted octanol–water partition coefficient (Wildman–Crippen LogP) is 7.77. The van der Waals surface area contributed by atoms with Crippen molar-refractivity contribution < 1.29 is 9.52 Å². The number of hydrogen-bond donors (Lipinski definition) is 1. The molecule has 0 aliphatic heterocycles. The number of phenolic OH excluding ortho intramolecular Hbond substituents is 1. The van der Waals surface area contributed by atoms with Crippen LogP contribution in [0.25, 0.3) is 22.3 Å². The normalized spacial score (nSPS) is 11.1. The number of aromatic hydroxyl groups is 1. The summed E-state index contributed by atoms with van der Waals surface area (Å²) in [6.45, 7) is 2.26. The first kappa shape index (κ1) is 19.4. The lowest BCUT2D eigenvalue weighted by Gasteiger charge is -2.04. The number of phenols is 1. The first-order valence-corrected chi connectivity index (χ1v) is 10.4. The van der Waals surface area contributed by atoms with Gasteiger partial charge in [0.2, 0.25) is 0 Å². The molecule has 2 aromatic carbocycles. The Balaban J connectivity index is 1.70. The van der Waals surface area contributed by atoms with Gasteiger partial charge in [-0.2, -0.15) is 0 Å². The Kier molecular flexibility index (Phi) is 7.27. The minimum Gasteiger partial charge on any atom is -0.508 e. The number of fused-ring (bicyclic) bond motifs is 1. The van der Waals surface area contributed by atoms with E-state index in [1.54, 1.807) is 12.1 Å². The molecule has 0 saturated carbocycles. The molecule has 142 valence electrons. The highest BCUT2D eigenvalue weighted by Gasteiger charge is 2.21. The van der Waals surface area contributed by atoms with Gasteiger partial charge in [0.1, 0.15) is 5.75 Å². The molecule has 0 saturated heterocycles. The Bertz CT molecular complexity index is 840.